The first kappa shape index (κ1) is 31.9. The summed E-state index contributed by atoms with van der Waals surface area (Å²) in [7, 11) is 1.52. The fourth-order valence-corrected chi connectivity index (χ4v) is 6.58. The average Bonchev–Trinajstić information content (AvgIpc) is 3.38. The molecule has 2 N–H and O–H groups in total. The number of hydrogen-bond acceptors (Lipinski definition) is 7. The van der Waals surface area contributed by atoms with Gasteiger partial charge >= 0.3 is 0 Å². The fraction of sp³-hybridized carbons (Fsp3) is 0.281. The Kier molecular flexibility index (Phi) is 10.2. The third-order valence-electron chi connectivity index (χ3n) is 7.07. The van der Waals surface area contributed by atoms with Gasteiger partial charge in [-0.25, -0.2) is 9.07 Å². The molecule has 1 aliphatic heterocycles. The maximum absolute atomic E-state index is 14.4. The standard InChI is InChI=1S/C32H32BrClFN5O3S/c1-5-6-13-44-32-38-31-36-19(3)27(30(41)37-21-10-7-9-18(2)14-21)28(40(31)39-32)20-15-23(33)29(26(16-20)42-4)43-17-22-24(34)11-8-12-25(22)35/h7-12,14-16,28H,5-6,13,17H2,1-4H3,(H,37,41)(H,36,38,39). The van der Waals surface area contributed by atoms with Crippen LogP contribution in [0, 0.1) is 12.7 Å². The molecule has 1 aromatic heterocycles. The van der Waals surface area contributed by atoms with Crippen molar-refractivity contribution >= 4 is 56.8 Å². The number of nitrogens with one attached hydrogen (secondary N) is 2. The minimum Gasteiger partial charge on any atom is -0.493 e. The van der Waals surface area contributed by atoms with E-state index in [0.717, 1.165) is 24.2 Å². The molecule has 4 aromatic rings. The lowest BCUT2D eigenvalue weighted by Gasteiger charge is -2.29. The number of aromatic nitrogens is 3. The van der Waals surface area contributed by atoms with Gasteiger partial charge in [0.1, 0.15) is 18.5 Å². The van der Waals surface area contributed by atoms with Crippen LogP contribution in [0.15, 0.2) is 75.5 Å². The van der Waals surface area contributed by atoms with Crippen LogP contribution >= 0.6 is 39.3 Å². The lowest BCUT2D eigenvalue weighted by molar-refractivity contribution is -0.113. The molecule has 44 heavy (non-hydrogen) atoms. The summed E-state index contributed by atoms with van der Waals surface area (Å²) >= 11 is 11.4. The van der Waals surface area contributed by atoms with Crippen LogP contribution in [0.1, 0.15) is 49.4 Å². The predicted octanol–water partition coefficient (Wildman–Crippen LogP) is 8.55. The summed E-state index contributed by atoms with van der Waals surface area (Å²) in [4.78, 5) is 18.7. The molecule has 1 amide bonds. The third kappa shape index (κ3) is 6.90. The van der Waals surface area contributed by atoms with Crippen LogP contribution in [0.5, 0.6) is 11.5 Å². The minimum absolute atomic E-state index is 0.109. The van der Waals surface area contributed by atoms with E-state index in [0.29, 0.717) is 49.6 Å². The second kappa shape index (κ2) is 14.0. The molecule has 12 heteroatoms. The molecule has 0 aliphatic carbocycles. The molecule has 0 fully saturated rings. The van der Waals surface area contributed by atoms with Gasteiger partial charge in [0.15, 0.2) is 11.5 Å². The van der Waals surface area contributed by atoms with Crippen LogP contribution in [0.3, 0.4) is 0 Å². The predicted molar refractivity (Wildman–Crippen MR) is 176 cm³/mol. The molecular weight excluding hydrogens is 669 g/mol. The Bertz CT molecular complexity index is 1710. The van der Waals surface area contributed by atoms with Crippen molar-refractivity contribution in [2.45, 2.75) is 51.4 Å². The van der Waals surface area contributed by atoms with E-state index < -0.39 is 11.9 Å². The van der Waals surface area contributed by atoms with Crippen LogP contribution in [0.4, 0.5) is 16.0 Å². The van der Waals surface area contributed by atoms with Crippen molar-refractivity contribution in [3.05, 3.63) is 97.9 Å². The van der Waals surface area contributed by atoms with Gasteiger partial charge < -0.3 is 20.1 Å². The minimum atomic E-state index is -0.649. The molecule has 0 saturated carbocycles. The molecule has 1 unspecified atom stereocenters. The zero-order valence-electron chi connectivity index (χ0n) is 24.7. The average molecular weight is 701 g/mol. The number of benzene rings is 3. The van der Waals surface area contributed by atoms with Crippen molar-refractivity contribution in [3.8, 4) is 11.5 Å². The third-order valence-corrected chi connectivity index (χ3v) is 8.94. The maximum atomic E-state index is 14.4. The molecule has 0 saturated heterocycles. The number of allylic oxidation sites excluding steroid dienone is 1. The molecule has 1 aliphatic rings. The summed E-state index contributed by atoms with van der Waals surface area (Å²) < 4.78 is 28.5. The highest BCUT2D eigenvalue weighted by Crippen LogP contribution is 2.44. The van der Waals surface area contributed by atoms with Crippen molar-refractivity contribution in [2.24, 2.45) is 0 Å². The number of fused-ring (bicyclic) bond motifs is 1. The molecular formula is C32H32BrClFN5O3S. The van der Waals surface area contributed by atoms with E-state index in [-0.39, 0.29) is 23.1 Å². The van der Waals surface area contributed by atoms with Crippen LogP contribution < -0.4 is 20.1 Å². The molecule has 2 heterocycles. The Morgan fingerprint density at radius 2 is 2.00 bits per heavy atom. The SMILES string of the molecule is CCCCSc1nc2n(n1)C(c1cc(Br)c(OCc3c(F)cccc3Cl)c(OC)c1)C(C(=O)Nc1cccc(C)c1)=C(C)N2. The number of amides is 1. The fourth-order valence-electron chi connectivity index (χ4n) is 4.88. The van der Waals surface area contributed by atoms with Gasteiger partial charge in [0.2, 0.25) is 11.1 Å². The summed E-state index contributed by atoms with van der Waals surface area (Å²) in [5, 5.41) is 12.0. The Morgan fingerprint density at radius 1 is 1.20 bits per heavy atom. The number of nitrogens with zero attached hydrogens (tertiary/aromatic N) is 3. The van der Waals surface area contributed by atoms with Gasteiger partial charge in [0.25, 0.3) is 5.91 Å². The number of ether oxygens (including phenoxy) is 2. The number of carbonyl (C=O) groups is 1. The molecule has 1 atom stereocenters. The van der Waals surface area contributed by atoms with Crippen molar-refractivity contribution in [3.63, 3.8) is 0 Å². The highest BCUT2D eigenvalue weighted by atomic mass is 79.9. The zero-order chi connectivity index (χ0) is 31.4. The highest BCUT2D eigenvalue weighted by molar-refractivity contribution is 9.10. The largest absolute Gasteiger partial charge is 0.493 e. The molecule has 230 valence electrons. The summed E-state index contributed by atoms with van der Waals surface area (Å²) in [6.07, 6.45) is 2.10. The number of halogens is 3. The number of anilines is 2. The van der Waals surface area contributed by atoms with Crippen molar-refractivity contribution in [2.75, 3.05) is 23.5 Å². The van der Waals surface area contributed by atoms with E-state index in [2.05, 4.69) is 33.5 Å². The summed E-state index contributed by atoms with van der Waals surface area (Å²) in [5.74, 6) is 1.42. The Labute approximate surface area is 273 Å². The number of rotatable bonds is 11. The Balaban J connectivity index is 1.55. The first-order valence-corrected chi connectivity index (χ1v) is 16.2. The maximum Gasteiger partial charge on any atom is 0.255 e. The topological polar surface area (TPSA) is 90.3 Å². The number of unbranched alkanes of at least 4 members (excludes halogenated alkanes) is 1. The quantitative estimate of drug-likeness (QED) is 0.120. The van der Waals surface area contributed by atoms with Crippen LogP contribution in [0.2, 0.25) is 5.02 Å². The van der Waals surface area contributed by atoms with Gasteiger partial charge in [0.05, 0.1) is 22.2 Å². The Hall–Kier alpha value is -3.54. The van der Waals surface area contributed by atoms with Gasteiger partial charge in [-0.1, -0.05) is 54.9 Å². The number of thioether (sulfide) groups is 1. The van der Waals surface area contributed by atoms with Gasteiger partial charge in [-0.05, 0) is 83.7 Å². The molecule has 0 spiro atoms. The van der Waals surface area contributed by atoms with E-state index in [1.165, 1.54) is 13.2 Å². The number of aryl methyl sites for hydroxylation is 1. The van der Waals surface area contributed by atoms with Crippen molar-refractivity contribution < 1.29 is 18.7 Å². The van der Waals surface area contributed by atoms with Crippen molar-refractivity contribution in [1.82, 2.24) is 14.8 Å². The lowest BCUT2D eigenvalue weighted by atomic mass is 9.94. The highest BCUT2D eigenvalue weighted by Gasteiger charge is 2.35. The summed E-state index contributed by atoms with van der Waals surface area (Å²) in [6, 6.07) is 15.1. The first-order chi connectivity index (χ1) is 21.2. The van der Waals surface area contributed by atoms with Crippen LogP contribution in [-0.4, -0.2) is 33.5 Å². The van der Waals surface area contributed by atoms with Gasteiger partial charge in [-0.15, -0.1) is 5.10 Å². The van der Waals surface area contributed by atoms with E-state index >= 15 is 0 Å². The first-order valence-electron chi connectivity index (χ1n) is 14.1. The van der Waals surface area contributed by atoms with E-state index in [1.54, 1.807) is 34.6 Å². The van der Waals surface area contributed by atoms with Crippen LogP contribution in [0.25, 0.3) is 0 Å². The van der Waals surface area contributed by atoms with Gasteiger partial charge in [-0.2, -0.15) is 4.98 Å². The van der Waals surface area contributed by atoms with E-state index in [9.17, 15) is 9.18 Å². The summed E-state index contributed by atoms with van der Waals surface area (Å²) in [5.41, 5.74) is 3.77. The number of carbonyl (C=O) groups excluding carboxylic acids is 1. The van der Waals surface area contributed by atoms with Gasteiger partial charge in [-0.3, -0.25) is 4.79 Å². The molecule has 3 aromatic carbocycles. The van der Waals surface area contributed by atoms with E-state index in [4.69, 9.17) is 31.2 Å². The second-order valence-corrected chi connectivity index (χ2v) is 12.6. The smallest absolute Gasteiger partial charge is 0.255 e. The normalized spacial score (nSPS) is 14.2. The van der Waals surface area contributed by atoms with Crippen LogP contribution in [-0.2, 0) is 11.4 Å². The lowest BCUT2D eigenvalue weighted by Crippen LogP contribution is -2.31. The monoisotopic (exact) mass is 699 g/mol. The summed E-state index contributed by atoms with van der Waals surface area (Å²) in [6.45, 7) is 5.85. The van der Waals surface area contributed by atoms with Crippen molar-refractivity contribution in [1.29, 1.82) is 0 Å². The molecule has 0 radical (unpaired) electrons. The molecule has 8 nitrogen and oxygen atoms in total. The Morgan fingerprint density at radius 3 is 2.73 bits per heavy atom. The van der Waals surface area contributed by atoms with Gasteiger partial charge in [0, 0.05) is 22.7 Å². The second-order valence-electron chi connectivity index (χ2n) is 10.3. The molecule has 0 bridgehead atoms. The zero-order valence-corrected chi connectivity index (χ0v) is 27.9. The number of methoxy groups -OCH3 is 1. The number of hydrogen-bond donors (Lipinski definition) is 2. The molecule has 5 rings (SSSR count). The van der Waals surface area contributed by atoms with E-state index in [1.807, 2.05) is 44.2 Å².